The van der Waals surface area contributed by atoms with Crippen LogP contribution in [0.5, 0.6) is 5.75 Å². The molecule has 4 rings (SSSR count). The van der Waals surface area contributed by atoms with E-state index in [1.54, 1.807) is 0 Å². The summed E-state index contributed by atoms with van der Waals surface area (Å²) in [6.07, 6.45) is 3.50. The van der Waals surface area contributed by atoms with E-state index in [4.69, 9.17) is 27.9 Å². The molecule has 0 radical (unpaired) electrons. The van der Waals surface area contributed by atoms with Crippen LogP contribution in [0, 0.1) is 0 Å². The highest BCUT2D eigenvalue weighted by Gasteiger charge is 2.35. The van der Waals surface area contributed by atoms with E-state index in [1.165, 1.54) is 5.56 Å². The Morgan fingerprint density at radius 2 is 1.88 bits per heavy atom. The third-order valence-electron chi connectivity index (χ3n) is 7.24. The van der Waals surface area contributed by atoms with Crippen LogP contribution in [0.15, 0.2) is 36.4 Å². The van der Waals surface area contributed by atoms with Crippen molar-refractivity contribution in [3.05, 3.63) is 52.0 Å². The summed E-state index contributed by atoms with van der Waals surface area (Å²) in [5.74, 6) is 0.913. The number of fused-ring (bicyclic) bond motifs is 1. The van der Waals surface area contributed by atoms with Crippen molar-refractivity contribution in [2.45, 2.75) is 45.6 Å². The first-order chi connectivity index (χ1) is 15.9. The summed E-state index contributed by atoms with van der Waals surface area (Å²) in [5.41, 5.74) is 3.12. The van der Waals surface area contributed by atoms with Crippen LogP contribution in [0.2, 0.25) is 10.0 Å². The third-order valence-corrected chi connectivity index (χ3v) is 8.05. The normalized spacial score (nSPS) is 17.6. The highest BCUT2D eigenvalue weighted by atomic mass is 35.5. The van der Waals surface area contributed by atoms with Crippen molar-refractivity contribution in [2.24, 2.45) is 0 Å². The van der Waals surface area contributed by atoms with Crippen LogP contribution < -0.4 is 15.0 Å². The molecule has 1 fully saturated rings. The van der Waals surface area contributed by atoms with E-state index in [0.717, 1.165) is 73.6 Å². The van der Waals surface area contributed by atoms with Gasteiger partial charge in [-0.05, 0) is 56.9 Å². The van der Waals surface area contributed by atoms with Gasteiger partial charge in [-0.15, -0.1) is 0 Å². The molecule has 1 amide bonds. The van der Waals surface area contributed by atoms with Crippen LogP contribution in [0.25, 0.3) is 0 Å². The number of carbonyl (C=O) groups excluding carboxylic acids is 1. The van der Waals surface area contributed by atoms with Crippen LogP contribution in [0.1, 0.15) is 38.7 Å². The Kier molecular flexibility index (Phi) is 7.72. The van der Waals surface area contributed by atoms with Gasteiger partial charge in [-0.3, -0.25) is 4.79 Å². The Balaban J connectivity index is 1.26. The molecular formula is C26H34Cl2N3O2+. The Morgan fingerprint density at radius 3 is 2.64 bits per heavy atom. The highest BCUT2D eigenvalue weighted by Crippen LogP contribution is 2.34. The summed E-state index contributed by atoms with van der Waals surface area (Å²) in [7, 11) is 0. The molecule has 178 valence electrons. The monoisotopic (exact) mass is 490 g/mol. The Morgan fingerprint density at radius 1 is 1.09 bits per heavy atom. The molecular weight excluding hydrogens is 457 g/mol. The first kappa shape index (κ1) is 24.2. The van der Waals surface area contributed by atoms with Gasteiger partial charge in [0.25, 0.3) is 0 Å². The number of piperazine rings is 1. The number of rotatable bonds is 8. The second-order valence-electron chi connectivity index (χ2n) is 9.47. The number of unbranched alkanes of at least 4 members (excludes halogenated alkanes) is 1. The van der Waals surface area contributed by atoms with E-state index in [-0.39, 0.29) is 5.91 Å². The summed E-state index contributed by atoms with van der Waals surface area (Å²) < 4.78 is 7.12. The topological polar surface area (TPSA) is 41.6 Å². The molecule has 2 heterocycles. The number of nitrogens with zero attached hydrogens (tertiary/aromatic N) is 2. The van der Waals surface area contributed by atoms with Crippen LogP contribution in [-0.2, 0) is 11.2 Å². The zero-order chi connectivity index (χ0) is 23.4. The van der Waals surface area contributed by atoms with Crippen LogP contribution in [0.4, 0.5) is 11.4 Å². The zero-order valence-corrected chi connectivity index (χ0v) is 21.1. The molecule has 0 bridgehead atoms. The lowest BCUT2D eigenvalue weighted by atomic mass is 10.0. The molecule has 2 aliphatic rings. The fourth-order valence-electron chi connectivity index (χ4n) is 5.00. The third kappa shape index (κ3) is 5.59. The lowest BCUT2D eigenvalue weighted by Gasteiger charge is -2.48. The van der Waals surface area contributed by atoms with Gasteiger partial charge >= 0.3 is 0 Å². The summed E-state index contributed by atoms with van der Waals surface area (Å²) >= 11 is 12.7. The van der Waals surface area contributed by atoms with Crippen molar-refractivity contribution >= 4 is 40.5 Å². The van der Waals surface area contributed by atoms with E-state index < -0.39 is 0 Å². The minimum absolute atomic E-state index is 0.0834. The smallest absolute Gasteiger partial charge is 0.224 e. The maximum Gasteiger partial charge on any atom is 0.224 e. The summed E-state index contributed by atoms with van der Waals surface area (Å²) in [5, 5.41) is 4.21. The number of anilines is 2. The summed E-state index contributed by atoms with van der Waals surface area (Å²) in [4.78, 5) is 14.0. The predicted molar refractivity (Wildman–Crippen MR) is 137 cm³/mol. The van der Waals surface area contributed by atoms with Gasteiger partial charge in [0.05, 0.1) is 61.1 Å². The fourth-order valence-corrected chi connectivity index (χ4v) is 5.41. The molecule has 0 spiro atoms. The Hall–Kier alpha value is -1.95. The number of nitrogens with one attached hydrogen (secondary N) is 1. The number of hydrogen-bond acceptors (Lipinski definition) is 3. The van der Waals surface area contributed by atoms with E-state index >= 15 is 0 Å². The van der Waals surface area contributed by atoms with Gasteiger partial charge < -0.3 is 19.4 Å². The van der Waals surface area contributed by atoms with E-state index in [1.807, 2.05) is 24.3 Å². The second kappa shape index (κ2) is 10.5. The van der Waals surface area contributed by atoms with Crippen molar-refractivity contribution in [3.8, 4) is 5.75 Å². The van der Waals surface area contributed by atoms with Gasteiger partial charge in [-0.25, -0.2) is 0 Å². The van der Waals surface area contributed by atoms with Crippen molar-refractivity contribution in [1.29, 1.82) is 0 Å². The van der Waals surface area contributed by atoms with Gasteiger partial charge in [-0.2, -0.15) is 0 Å². The average Bonchev–Trinajstić information content (AvgIpc) is 2.81. The van der Waals surface area contributed by atoms with Gasteiger partial charge in [0, 0.05) is 18.2 Å². The molecule has 1 saturated heterocycles. The maximum absolute atomic E-state index is 11.6. The Labute approximate surface area is 207 Å². The van der Waals surface area contributed by atoms with Crippen molar-refractivity contribution < 1.29 is 14.0 Å². The minimum atomic E-state index is 0.0834. The highest BCUT2D eigenvalue weighted by molar-refractivity contribution is 6.43. The Bertz CT molecular complexity index is 987. The molecule has 0 saturated carbocycles. The number of amides is 1. The molecule has 2 aromatic rings. The molecule has 2 aromatic carbocycles. The molecule has 7 heteroatoms. The quantitative estimate of drug-likeness (QED) is 0.376. The largest absolute Gasteiger partial charge is 0.494 e. The molecule has 0 aromatic heterocycles. The first-order valence-electron chi connectivity index (χ1n) is 12.0. The number of halogens is 2. The predicted octanol–water partition coefficient (Wildman–Crippen LogP) is 5.78. The maximum atomic E-state index is 11.6. The fraction of sp³-hybridized carbons (Fsp3) is 0.500. The van der Waals surface area contributed by atoms with Crippen molar-refractivity contribution in [3.63, 3.8) is 0 Å². The van der Waals surface area contributed by atoms with Gasteiger partial charge in [-0.1, -0.05) is 35.3 Å². The average molecular weight is 491 g/mol. The van der Waals surface area contributed by atoms with Crippen LogP contribution in [0.3, 0.4) is 0 Å². The van der Waals surface area contributed by atoms with E-state index in [0.29, 0.717) is 29.1 Å². The number of quaternary nitrogens is 1. The molecule has 1 N–H and O–H groups in total. The molecule has 0 atom stereocenters. The van der Waals surface area contributed by atoms with Crippen LogP contribution in [-0.4, -0.2) is 55.8 Å². The summed E-state index contributed by atoms with van der Waals surface area (Å²) in [6, 6.07) is 12.5. The van der Waals surface area contributed by atoms with Crippen molar-refractivity contribution in [1.82, 2.24) is 0 Å². The van der Waals surface area contributed by atoms with Gasteiger partial charge in [0.15, 0.2) is 0 Å². The van der Waals surface area contributed by atoms with Crippen LogP contribution >= 0.6 is 23.2 Å². The number of ether oxygens (including phenoxy) is 1. The van der Waals surface area contributed by atoms with E-state index in [2.05, 4.69) is 36.2 Å². The molecule has 0 aliphatic carbocycles. The van der Waals surface area contributed by atoms with Crippen molar-refractivity contribution in [2.75, 3.05) is 49.5 Å². The number of hydrogen-bond donors (Lipinski definition) is 1. The first-order valence-corrected chi connectivity index (χ1v) is 12.7. The standard InChI is InChI=1S/C26H33Cl2N3O2/c1-19(2)31(15-12-30(13-16-31)24-7-5-6-22(27)26(24)28)14-3-4-17-33-21-10-8-20-9-11-25(32)29-23(20)18-21/h5-8,10,18-19H,3-4,9,11-17H2,1-2H3/p+1. The lowest BCUT2D eigenvalue weighted by Crippen LogP contribution is -2.63. The molecule has 33 heavy (non-hydrogen) atoms. The molecule has 5 nitrogen and oxygen atoms in total. The minimum Gasteiger partial charge on any atom is -0.494 e. The zero-order valence-electron chi connectivity index (χ0n) is 19.6. The SMILES string of the molecule is CC(C)[N+]1(CCCCOc2ccc3c(c2)NC(=O)CC3)CCN(c2cccc(Cl)c2Cl)CC1. The number of benzene rings is 2. The lowest BCUT2D eigenvalue weighted by molar-refractivity contribution is -0.948. The number of aryl methyl sites for hydroxylation is 1. The van der Waals surface area contributed by atoms with E-state index in [9.17, 15) is 4.79 Å². The summed E-state index contributed by atoms with van der Waals surface area (Å²) in [6.45, 7) is 10.7. The molecule has 2 aliphatic heterocycles. The van der Waals surface area contributed by atoms with Gasteiger partial charge in [0.1, 0.15) is 5.75 Å². The number of carbonyl (C=O) groups is 1. The molecule has 0 unspecified atom stereocenters. The second-order valence-corrected chi connectivity index (χ2v) is 10.3. The van der Waals surface area contributed by atoms with Gasteiger partial charge in [0.2, 0.25) is 5.91 Å².